The summed E-state index contributed by atoms with van der Waals surface area (Å²) in [5.74, 6) is -1.21. The topological polar surface area (TPSA) is 124 Å². The third-order valence-corrected chi connectivity index (χ3v) is 4.86. The zero-order valence-electron chi connectivity index (χ0n) is 9.45. The first-order valence-corrected chi connectivity index (χ1v) is 7.18. The summed E-state index contributed by atoms with van der Waals surface area (Å²) in [4.78, 5) is 10.3. The standard InChI is InChI=1S/C9H13NO6S2/c1-9(4-11,5-12)10-18(15,16)6-2-7(8(13)14)17-3-6/h2-3,10-12H,4-5H2,1H3,(H,13,14). The molecule has 0 bridgehead atoms. The zero-order chi connectivity index (χ0) is 14.0. The van der Waals surface area contributed by atoms with Crippen LogP contribution in [0.3, 0.4) is 0 Å². The summed E-state index contributed by atoms with van der Waals surface area (Å²) in [6.45, 7) is 0.159. The lowest BCUT2D eigenvalue weighted by molar-refractivity contribution is 0.0702. The van der Waals surface area contributed by atoms with Gasteiger partial charge in [-0.05, 0) is 13.0 Å². The van der Waals surface area contributed by atoms with Gasteiger partial charge >= 0.3 is 5.97 Å². The Hall–Kier alpha value is -1.00. The highest BCUT2D eigenvalue weighted by Gasteiger charge is 2.30. The van der Waals surface area contributed by atoms with Gasteiger partial charge in [-0.3, -0.25) is 0 Å². The van der Waals surface area contributed by atoms with Crippen LogP contribution in [0.4, 0.5) is 0 Å². The first-order valence-electron chi connectivity index (χ1n) is 4.81. The van der Waals surface area contributed by atoms with Crippen molar-refractivity contribution >= 4 is 27.3 Å². The van der Waals surface area contributed by atoms with Crippen LogP contribution in [0.25, 0.3) is 0 Å². The summed E-state index contributed by atoms with van der Waals surface area (Å²) in [6.07, 6.45) is 0. The minimum Gasteiger partial charge on any atom is -0.477 e. The molecule has 0 aliphatic heterocycles. The molecule has 0 aliphatic rings. The second kappa shape index (κ2) is 5.33. The maximum absolute atomic E-state index is 11.9. The number of aliphatic hydroxyl groups is 2. The van der Waals surface area contributed by atoms with Gasteiger partial charge in [0.2, 0.25) is 10.0 Å². The van der Waals surface area contributed by atoms with Crippen LogP contribution in [-0.2, 0) is 10.0 Å². The maximum atomic E-state index is 11.9. The van der Waals surface area contributed by atoms with E-state index in [9.17, 15) is 13.2 Å². The molecule has 1 aromatic rings. The highest BCUT2D eigenvalue weighted by atomic mass is 32.2. The molecule has 18 heavy (non-hydrogen) atoms. The summed E-state index contributed by atoms with van der Waals surface area (Å²) in [6, 6.07) is 1.02. The first kappa shape index (κ1) is 15.1. The molecule has 0 unspecified atom stereocenters. The lowest BCUT2D eigenvalue weighted by atomic mass is 10.1. The lowest BCUT2D eigenvalue weighted by Crippen LogP contribution is -2.51. The Morgan fingerprint density at radius 3 is 2.39 bits per heavy atom. The molecule has 102 valence electrons. The van der Waals surface area contributed by atoms with Crippen molar-refractivity contribution in [2.24, 2.45) is 0 Å². The van der Waals surface area contributed by atoms with Gasteiger partial charge in [-0.1, -0.05) is 0 Å². The van der Waals surface area contributed by atoms with Crippen LogP contribution in [0.15, 0.2) is 16.3 Å². The maximum Gasteiger partial charge on any atom is 0.345 e. The molecule has 0 atom stereocenters. The van der Waals surface area contributed by atoms with E-state index in [1.807, 2.05) is 0 Å². The van der Waals surface area contributed by atoms with Crippen LogP contribution in [0, 0.1) is 0 Å². The highest BCUT2D eigenvalue weighted by Crippen LogP contribution is 2.20. The van der Waals surface area contributed by atoms with E-state index in [2.05, 4.69) is 4.72 Å². The van der Waals surface area contributed by atoms with E-state index >= 15 is 0 Å². The van der Waals surface area contributed by atoms with Gasteiger partial charge in [0, 0.05) is 5.38 Å². The molecule has 0 amide bonds. The second-order valence-corrected chi connectivity index (χ2v) is 6.53. The van der Waals surface area contributed by atoms with Crippen LogP contribution in [0.2, 0.25) is 0 Å². The van der Waals surface area contributed by atoms with Crippen molar-refractivity contribution in [3.8, 4) is 0 Å². The minimum absolute atomic E-state index is 0.106. The normalized spacial score (nSPS) is 12.6. The van der Waals surface area contributed by atoms with Gasteiger partial charge < -0.3 is 15.3 Å². The molecule has 1 rings (SSSR count). The number of aliphatic hydroxyl groups excluding tert-OH is 2. The molecule has 9 heteroatoms. The van der Waals surface area contributed by atoms with Gasteiger partial charge in [-0.2, -0.15) is 0 Å². The van der Waals surface area contributed by atoms with E-state index in [0.29, 0.717) is 0 Å². The molecule has 0 radical (unpaired) electrons. The smallest absolute Gasteiger partial charge is 0.345 e. The van der Waals surface area contributed by atoms with Gasteiger partial charge in [0.1, 0.15) is 4.88 Å². The van der Waals surface area contributed by atoms with Crippen molar-refractivity contribution in [1.29, 1.82) is 0 Å². The Bertz CT molecular complexity index is 531. The Labute approximate surface area is 108 Å². The Balaban J connectivity index is 3.03. The van der Waals surface area contributed by atoms with E-state index in [4.69, 9.17) is 15.3 Å². The molecular formula is C9H13NO6S2. The molecule has 0 saturated heterocycles. The Morgan fingerprint density at radius 2 is 2.00 bits per heavy atom. The lowest BCUT2D eigenvalue weighted by Gasteiger charge is -2.25. The summed E-state index contributed by atoms with van der Waals surface area (Å²) in [7, 11) is -3.98. The molecule has 0 saturated carbocycles. The van der Waals surface area contributed by atoms with E-state index in [1.165, 1.54) is 12.3 Å². The van der Waals surface area contributed by atoms with Crippen LogP contribution >= 0.6 is 11.3 Å². The molecule has 0 aliphatic carbocycles. The van der Waals surface area contributed by atoms with Crippen molar-refractivity contribution in [3.63, 3.8) is 0 Å². The van der Waals surface area contributed by atoms with Crippen molar-refractivity contribution < 1.29 is 28.5 Å². The number of aromatic carboxylic acids is 1. The quantitative estimate of drug-likeness (QED) is 0.559. The molecule has 1 heterocycles. The van der Waals surface area contributed by atoms with Crippen molar-refractivity contribution in [2.45, 2.75) is 17.4 Å². The predicted octanol–water partition coefficient (Wildman–Crippen LogP) is -0.532. The average Bonchev–Trinajstić information content (AvgIpc) is 2.78. The number of nitrogens with one attached hydrogen (secondary N) is 1. The molecule has 1 aromatic heterocycles. The van der Waals surface area contributed by atoms with Crippen molar-refractivity contribution in [2.75, 3.05) is 13.2 Å². The Morgan fingerprint density at radius 1 is 1.44 bits per heavy atom. The van der Waals surface area contributed by atoms with Crippen LogP contribution < -0.4 is 4.72 Å². The number of sulfonamides is 1. The van der Waals surface area contributed by atoms with Crippen molar-refractivity contribution in [3.05, 3.63) is 16.3 Å². The average molecular weight is 295 g/mol. The number of carboxylic acid groups (broad SMARTS) is 1. The number of thiophene rings is 1. The number of carbonyl (C=O) groups is 1. The summed E-state index contributed by atoms with van der Waals surface area (Å²) >= 11 is 0.782. The third kappa shape index (κ3) is 3.27. The predicted molar refractivity (Wildman–Crippen MR) is 64.2 cm³/mol. The van der Waals surface area contributed by atoms with E-state index in [1.54, 1.807) is 0 Å². The van der Waals surface area contributed by atoms with Gasteiger partial charge in [-0.15, -0.1) is 11.3 Å². The molecule has 4 N–H and O–H groups in total. The summed E-state index contributed by atoms with van der Waals surface area (Å²) in [5, 5.41) is 27.9. The van der Waals surface area contributed by atoms with Gasteiger partial charge in [0.15, 0.2) is 0 Å². The second-order valence-electron chi connectivity index (χ2n) is 3.93. The van der Waals surface area contributed by atoms with Crippen LogP contribution in [0.1, 0.15) is 16.6 Å². The highest BCUT2D eigenvalue weighted by molar-refractivity contribution is 7.89. The fourth-order valence-corrected chi connectivity index (χ4v) is 3.57. The fourth-order valence-electron chi connectivity index (χ4n) is 1.07. The summed E-state index contributed by atoms with van der Waals surface area (Å²) < 4.78 is 25.9. The largest absolute Gasteiger partial charge is 0.477 e. The number of rotatable bonds is 6. The zero-order valence-corrected chi connectivity index (χ0v) is 11.1. The monoisotopic (exact) mass is 295 g/mol. The third-order valence-electron chi connectivity index (χ3n) is 2.18. The minimum atomic E-state index is -3.98. The number of hydrogen-bond acceptors (Lipinski definition) is 6. The molecule has 7 nitrogen and oxygen atoms in total. The van der Waals surface area contributed by atoms with E-state index in [-0.39, 0.29) is 9.77 Å². The van der Waals surface area contributed by atoms with Crippen molar-refractivity contribution in [1.82, 2.24) is 4.72 Å². The van der Waals surface area contributed by atoms with Gasteiger partial charge in [-0.25, -0.2) is 17.9 Å². The van der Waals surface area contributed by atoms with Gasteiger partial charge in [0.05, 0.1) is 23.6 Å². The van der Waals surface area contributed by atoms with E-state index in [0.717, 1.165) is 17.4 Å². The summed E-state index contributed by atoms with van der Waals surface area (Å²) in [5.41, 5.74) is -1.40. The molecule has 0 fully saturated rings. The first-order chi connectivity index (χ1) is 8.24. The van der Waals surface area contributed by atoms with Gasteiger partial charge in [0.25, 0.3) is 0 Å². The van der Waals surface area contributed by atoms with Crippen LogP contribution in [0.5, 0.6) is 0 Å². The SMILES string of the molecule is CC(CO)(CO)NS(=O)(=O)c1csc(C(=O)O)c1. The number of carboxylic acids is 1. The molecule has 0 aromatic carbocycles. The fraction of sp³-hybridized carbons (Fsp3) is 0.444. The van der Waals surface area contributed by atoms with Crippen LogP contribution in [-0.4, -0.2) is 48.5 Å². The molecule has 0 spiro atoms. The Kier molecular flexibility index (Phi) is 4.46. The molecular weight excluding hydrogens is 282 g/mol. The number of hydrogen-bond donors (Lipinski definition) is 4. The van der Waals surface area contributed by atoms with E-state index < -0.39 is 34.7 Å².